The normalized spacial score (nSPS) is 11.4. The molecule has 6 heteroatoms. The SMILES string of the molecule is Cc1ccc(C)c(S(=O)(=O)CC(=O)N(C)CCCN)c1. The molecule has 1 aromatic carbocycles. The van der Waals surface area contributed by atoms with Crippen LogP contribution in [0, 0.1) is 13.8 Å². The van der Waals surface area contributed by atoms with E-state index in [1.54, 1.807) is 26.1 Å². The summed E-state index contributed by atoms with van der Waals surface area (Å²) >= 11 is 0. The van der Waals surface area contributed by atoms with Crippen molar-refractivity contribution >= 4 is 15.7 Å². The number of carbonyl (C=O) groups excluding carboxylic acids is 1. The number of hydrogen-bond acceptors (Lipinski definition) is 4. The summed E-state index contributed by atoms with van der Waals surface area (Å²) < 4.78 is 24.6. The summed E-state index contributed by atoms with van der Waals surface area (Å²) in [7, 11) is -2.01. The van der Waals surface area contributed by atoms with E-state index in [9.17, 15) is 13.2 Å². The lowest BCUT2D eigenvalue weighted by Crippen LogP contribution is -2.34. The van der Waals surface area contributed by atoms with Gasteiger partial charge in [-0.2, -0.15) is 0 Å². The maximum atomic E-state index is 12.3. The number of hydrogen-bond donors (Lipinski definition) is 1. The second-order valence-corrected chi connectivity index (χ2v) is 6.94. The highest BCUT2D eigenvalue weighted by Gasteiger charge is 2.23. The van der Waals surface area contributed by atoms with Crippen LogP contribution in [-0.2, 0) is 14.6 Å². The Morgan fingerprint density at radius 1 is 1.30 bits per heavy atom. The molecular weight excluding hydrogens is 276 g/mol. The van der Waals surface area contributed by atoms with Crippen LogP contribution in [0.3, 0.4) is 0 Å². The second kappa shape index (κ2) is 6.85. The van der Waals surface area contributed by atoms with E-state index in [2.05, 4.69) is 0 Å². The van der Waals surface area contributed by atoms with E-state index >= 15 is 0 Å². The molecular formula is C14H22N2O3S. The van der Waals surface area contributed by atoms with Crippen molar-refractivity contribution in [3.8, 4) is 0 Å². The molecule has 0 fully saturated rings. The third-order valence-corrected chi connectivity index (χ3v) is 4.85. The van der Waals surface area contributed by atoms with E-state index in [1.807, 2.05) is 13.0 Å². The van der Waals surface area contributed by atoms with Gasteiger partial charge in [0.15, 0.2) is 9.84 Å². The largest absolute Gasteiger partial charge is 0.345 e. The molecule has 1 aromatic rings. The summed E-state index contributed by atoms with van der Waals surface area (Å²) in [5.41, 5.74) is 6.90. The van der Waals surface area contributed by atoms with Crippen molar-refractivity contribution in [2.24, 2.45) is 5.73 Å². The molecule has 0 bridgehead atoms. The number of benzene rings is 1. The zero-order chi connectivity index (χ0) is 15.3. The van der Waals surface area contributed by atoms with E-state index in [1.165, 1.54) is 4.90 Å². The first-order chi connectivity index (χ1) is 9.27. The minimum absolute atomic E-state index is 0.234. The van der Waals surface area contributed by atoms with Crippen molar-refractivity contribution in [3.63, 3.8) is 0 Å². The van der Waals surface area contributed by atoms with Crippen molar-refractivity contribution in [2.75, 3.05) is 25.9 Å². The number of sulfone groups is 1. The van der Waals surface area contributed by atoms with E-state index < -0.39 is 21.5 Å². The Hall–Kier alpha value is -1.40. The number of amides is 1. The fourth-order valence-corrected chi connectivity index (χ4v) is 3.47. The zero-order valence-electron chi connectivity index (χ0n) is 12.2. The summed E-state index contributed by atoms with van der Waals surface area (Å²) in [4.78, 5) is 13.6. The molecule has 0 radical (unpaired) electrons. The molecule has 0 aliphatic carbocycles. The van der Waals surface area contributed by atoms with Crippen molar-refractivity contribution < 1.29 is 13.2 Å². The Morgan fingerprint density at radius 3 is 2.55 bits per heavy atom. The summed E-state index contributed by atoms with van der Waals surface area (Å²) in [6, 6.07) is 5.21. The van der Waals surface area contributed by atoms with Gasteiger partial charge in [-0.1, -0.05) is 12.1 Å². The van der Waals surface area contributed by atoms with E-state index in [0.717, 1.165) is 5.56 Å². The van der Waals surface area contributed by atoms with Gasteiger partial charge in [-0.25, -0.2) is 8.42 Å². The average molecular weight is 298 g/mol. The van der Waals surface area contributed by atoms with Gasteiger partial charge in [-0.3, -0.25) is 4.79 Å². The van der Waals surface area contributed by atoms with Crippen molar-refractivity contribution in [1.29, 1.82) is 0 Å². The first-order valence-electron chi connectivity index (χ1n) is 6.52. The number of aryl methyl sites for hydroxylation is 2. The molecule has 0 unspecified atom stereocenters. The highest BCUT2D eigenvalue weighted by atomic mass is 32.2. The van der Waals surface area contributed by atoms with Crippen LogP contribution in [0.4, 0.5) is 0 Å². The second-order valence-electron chi connectivity index (χ2n) is 4.99. The number of rotatable bonds is 6. The average Bonchev–Trinajstić information content (AvgIpc) is 2.38. The lowest BCUT2D eigenvalue weighted by Gasteiger charge is -2.17. The fraction of sp³-hybridized carbons (Fsp3) is 0.500. The monoisotopic (exact) mass is 298 g/mol. The molecule has 0 heterocycles. The Bertz CT molecular complexity index is 582. The van der Waals surface area contributed by atoms with Gasteiger partial charge < -0.3 is 10.6 Å². The summed E-state index contributed by atoms with van der Waals surface area (Å²) in [6.07, 6.45) is 0.658. The predicted octanol–water partition coefficient (Wildman–Crippen LogP) is 0.884. The Labute approximate surface area is 120 Å². The Morgan fingerprint density at radius 2 is 1.95 bits per heavy atom. The topological polar surface area (TPSA) is 80.5 Å². The number of carbonyl (C=O) groups is 1. The van der Waals surface area contributed by atoms with E-state index in [-0.39, 0.29) is 4.90 Å². The predicted molar refractivity (Wildman–Crippen MR) is 79.3 cm³/mol. The maximum absolute atomic E-state index is 12.3. The molecule has 0 saturated heterocycles. The number of nitrogens with zero attached hydrogens (tertiary/aromatic N) is 1. The van der Waals surface area contributed by atoms with Crippen LogP contribution in [0.15, 0.2) is 23.1 Å². The van der Waals surface area contributed by atoms with Crippen LogP contribution in [0.5, 0.6) is 0 Å². The summed E-state index contributed by atoms with van der Waals surface area (Å²) in [6.45, 7) is 4.50. The molecule has 0 spiro atoms. The molecule has 0 aromatic heterocycles. The summed E-state index contributed by atoms with van der Waals surface area (Å²) in [5, 5.41) is 0. The van der Waals surface area contributed by atoms with E-state index in [4.69, 9.17) is 5.73 Å². The fourth-order valence-electron chi connectivity index (χ4n) is 1.85. The van der Waals surface area contributed by atoms with Crippen LogP contribution in [0.1, 0.15) is 17.5 Å². The maximum Gasteiger partial charge on any atom is 0.237 e. The molecule has 0 aliphatic rings. The molecule has 0 aliphatic heterocycles. The Balaban J connectivity index is 2.90. The minimum atomic E-state index is -3.61. The van der Waals surface area contributed by atoms with Gasteiger partial charge >= 0.3 is 0 Å². The summed E-state index contributed by atoms with van der Waals surface area (Å²) in [5.74, 6) is -0.905. The molecule has 112 valence electrons. The third-order valence-electron chi connectivity index (χ3n) is 3.12. The van der Waals surface area contributed by atoms with Crippen LogP contribution in [0.2, 0.25) is 0 Å². The van der Waals surface area contributed by atoms with Gasteiger partial charge in [0.2, 0.25) is 5.91 Å². The zero-order valence-corrected chi connectivity index (χ0v) is 13.0. The van der Waals surface area contributed by atoms with Gasteiger partial charge in [-0.15, -0.1) is 0 Å². The molecule has 20 heavy (non-hydrogen) atoms. The molecule has 0 saturated carbocycles. The minimum Gasteiger partial charge on any atom is -0.345 e. The highest BCUT2D eigenvalue weighted by molar-refractivity contribution is 7.92. The van der Waals surface area contributed by atoms with Gasteiger partial charge in [0, 0.05) is 13.6 Å². The van der Waals surface area contributed by atoms with Crippen molar-refractivity contribution in [3.05, 3.63) is 29.3 Å². The van der Waals surface area contributed by atoms with Gasteiger partial charge in [0.05, 0.1) is 4.90 Å². The molecule has 1 amide bonds. The van der Waals surface area contributed by atoms with Gasteiger partial charge in [0.1, 0.15) is 5.75 Å². The lowest BCUT2D eigenvalue weighted by molar-refractivity contribution is -0.127. The first-order valence-corrected chi connectivity index (χ1v) is 8.17. The first kappa shape index (κ1) is 16.7. The van der Waals surface area contributed by atoms with Crippen LogP contribution in [0.25, 0.3) is 0 Å². The smallest absolute Gasteiger partial charge is 0.237 e. The van der Waals surface area contributed by atoms with Gasteiger partial charge in [-0.05, 0) is 44.0 Å². The lowest BCUT2D eigenvalue weighted by atomic mass is 10.2. The van der Waals surface area contributed by atoms with Crippen molar-refractivity contribution in [1.82, 2.24) is 4.90 Å². The number of nitrogens with two attached hydrogens (primary N) is 1. The standard InChI is InChI=1S/C14H22N2O3S/c1-11-5-6-12(2)13(9-11)20(18,19)10-14(17)16(3)8-4-7-15/h5-6,9H,4,7-8,10,15H2,1-3H3. The Kier molecular flexibility index (Phi) is 5.71. The molecule has 1 rings (SSSR count). The third kappa shape index (κ3) is 4.31. The highest BCUT2D eigenvalue weighted by Crippen LogP contribution is 2.18. The van der Waals surface area contributed by atoms with Crippen LogP contribution >= 0.6 is 0 Å². The molecule has 2 N–H and O–H groups in total. The van der Waals surface area contributed by atoms with Crippen molar-refractivity contribution in [2.45, 2.75) is 25.2 Å². The molecule has 5 nitrogen and oxygen atoms in total. The van der Waals surface area contributed by atoms with Gasteiger partial charge in [0.25, 0.3) is 0 Å². The van der Waals surface area contributed by atoms with E-state index in [0.29, 0.717) is 25.1 Å². The molecule has 0 atom stereocenters. The van der Waals surface area contributed by atoms with Crippen LogP contribution in [-0.4, -0.2) is 45.1 Å². The quantitative estimate of drug-likeness (QED) is 0.845. The van der Waals surface area contributed by atoms with Crippen LogP contribution < -0.4 is 5.73 Å².